The molecule has 126 valence electrons. The Balaban J connectivity index is 1.77. The molecule has 1 saturated heterocycles. The molecule has 0 radical (unpaired) electrons. The summed E-state index contributed by atoms with van der Waals surface area (Å²) in [6, 6.07) is 4.71. The predicted molar refractivity (Wildman–Crippen MR) is 92.9 cm³/mol. The molecule has 1 fully saturated rings. The second-order valence-electron chi connectivity index (χ2n) is 6.21. The van der Waals surface area contributed by atoms with Crippen LogP contribution in [-0.2, 0) is 14.4 Å². The van der Waals surface area contributed by atoms with E-state index < -0.39 is 6.04 Å². The number of likely N-dealkylation sites (tertiary alicyclic amines) is 1. The molecule has 6 nitrogen and oxygen atoms in total. The van der Waals surface area contributed by atoms with E-state index in [1.165, 1.54) is 0 Å². The van der Waals surface area contributed by atoms with Crippen LogP contribution in [0.25, 0.3) is 10.2 Å². The smallest absolute Gasteiger partial charge is 0.247 e. The van der Waals surface area contributed by atoms with Crippen LogP contribution in [0.3, 0.4) is 0 Å². The van der Waals surface area contributed by atoms with Crippen molar-refractivity contribution >= 4 is 45.0 Å². The average molecular weight is 345 g/mol. The molecular formula is C17H19N3O3S. The highest BCUT2D eigenvalue weighted by Crippen LogP contribution is 2.29. The van der Waals surface area contributed by atoms with E-state index in [1.807, 2.05) is 12.1 Å². The van der Waals surface area contributed by atoms with Crippen LogP contribution in [0.5, 0.6) is 0 Å². The quantitative estimate of drug-likeness (QED) is 0.864. The Morgan fingerprint density at radius 2 is 1.88 bits per heavy atom. The van der Waals surface area contributed by atoms with Crippen molar-refractivity contribution in [2.24, 2.45) is 0 Å². The van der Waals surface area contributed by atoms with Crippen LogP contribution in [0, 0.1) is 0 Å². The number of rotatable bonds is 4. The number of carbonyl (C=O) groups is 3. The van der Waals surface area contributed by atoms with E-state index >= 15 is 0 Å². The predicted octanol–water partition coefficient (Wildman–Crippen LogP) is 2.90. The van der Waals surface area contributed by atoms with Gasteiger partial charge in [0.25, 0.3) is 0 Å². The van der Waals surface area contributed by atoms with Gasteiger partial charge in [0, 0.05) is 24.4 Å². The lowest BCUT2D eigenvalue weighted by molar-refractivity contribution is -0.144. The molecule has 0 saturated carbocycles. The van der Waals surface area contributed by atoms with Gasteiger partial charge in [-0.2, -0.15) is 0 Å². The van der Waals surface area contributed by atoms with E-state index in [9.17, 15) is 14.4 Å². The molecule has 2 aromatic rings. The average Bonchev–Trinajstić information content (AvgIpc) is 3.10. The van der Waals surface area contributed by atoms with Crippen LogP contribution in [0.4, 0.5) is 5.69 Å². The number of hydrogen-bond donors (Lipinski definition) is 1. The number of imide groups is 1. The maximum Gasteiger partial charge on any atom is 0.247 e. The SMILES string of the molecule is CC(C)c1nc2ccc(NC(=O)C(C)N3C(=O)CCC3=O)cc2s1. The van der Waals surface area contributed by atoms with E-state index in [1.54, 1.807) is 24.3 Å². The Bertz CT molecular complexity index is 812. The standard InChI is InChI=1S/C17H19N3O3S/c1-9(2)17-19-12-5-4-11(8-13(12)24-17)18-16(23)10(3)20-14(21)6-7-15(20)22/h4-5,8-10H,6-7H2,1-3H3,(H,18,23). The molecule has 1 unspecified atom stereocenters. The minimum absolute atomic E-state index is 0.182. The summed E-state index contributed by atoms with van der Waals surface area (Å²) in [6.45, 7) is 5.75. The largest absolute Gasteiger partial charge is 0.324 e. The van der Waals surface area contributed by atoms with E-state index in [0.717, 1.165) is 20.1 Å². The van der Waals surface area contributed by atoms with Crippen LogP contribution in [0.1, 0.15) is 44.5 Å². The van der Waals surface area contributed by atoms with Gasteiger partial charge < -0.3 is 5.32 Å². The van der Waals surface area contributed by atoms with Crippen molar-refractivity contribution in [2.45, 2.75) is 45.6 Å². The highest BCUT2D eigenvalue weighted by atomic mass is 32.1. The van der Waals surface area contributed by atoms with Crippen molar-refractivity contribution < 1.29 is 14.4 Å². The lowest BCUT2D eigenvalue weighted by Crippen LogP contribution is -2.44. The molecule has 3 rings (SSSR count). The number of nitrogens with one attached hydrogen (secondary N) is 1. The molecule has 3 amide bonds. The molecule has 1 aromatic carbocycles. The second kappa shape index (κ2) is 6.32. The maximum atomic E-state index is 12.4. The monoisotopic (exact) mass is 345 g/mol. The number of thiazole rings is 1. The number of carbonyl (C=O) groups excluding carboxylic acids is 3. The summed E-state index contributed by atoms with van der Waals surface area (Å²) in [7, 11) is 0. The summed E-state index contributed by atoms with van der Waals surface area (Å²) in [4.78, 5) is 41.5. The first-order valence-electron chi connectivity index (χ1n) is 7.93. The maximum absolute atomic E-state index is 12.4. The zero-order valence-electron chi connectivity index (χ0n) is 13.8. The molecule has 0 spiro atoms. The molecular weight excluding hydrogens is 326 g/mol. The topological polar surface area (TPSA) is 79.4 Å². The fourth-order valence-electron chi connectivity index (χ4n) is 2.66. The first-order valence-corrected chi connectivity index (χ1v) is 8.74. The number of nitrogens with zero attached hydrogens (tertiary/aromatic N) is 2. The molecule has 1 aliphatic rings. The van der Waals surface area contributed by atoms with E-state index in [4.69, 9.17) is 0 Å². The first-order chi connectivity index (χ1) is 11.4. The van der Waals surface area contributed by atoms with Crippen molar-refractivity contribution in [2.75, 3.05) is 5.32 Å². The molecule has 1 aromatic heterocycles. The van der Waals surface area contributed by atoms with Gasteiger partial charge in [0.1, 0.15) is 6.04 Å². The number of benzene rings is 1. The number of anilines is 1. The summed E-state index contributed by atoms with van der Waals surface area (Å²) >= 11 is 1.60. The zero-order chi connectivity index (χ0) is 17.4. The Morgan fingerprint density at radius 3 is 2.50 bits per heavy atom. The minimum Gasteiger partial charge on any atom is -0.324 e. The second-order valence-corrected chi connectivity index (χ2v) is 7.27. The number of fused-ring (bicyclic) bond motifs is 1. The van der Waals surface area contributed by atoms with Gasteiger partial charge >= 0.3 is 0 Å². The van der Waals surface area contributed by atoms with Crippen LogP contribution in [0.15, 0.2) is 18.2 Å². The molecule has 7 heteroatoms. The Morgan fingerprint density at radius 1 is 1.21 bits per heavy atom. The summed E-state index contributed by atoms with van der Waals surface area (Å²) in [6.07, 6.45) is 0.364. The molecule has 0 bridgehead atoms. The number of hydrogen-bond acceptors (Lipinski definition) is 5. The highest BCUT2D eigenvalue weighted by Gasteiger charge is 2.36. The summed E-state index contributed by atoms with van der Waals surface area (Å²) < 4.78 is 0.998. The van der Waals surface area contributed by atoms with Crippen molar-refractivity contribution in [3.8, 4) is 0 Å². The van der Waals surface area contributed by atoms with Gasteiger partial charge in [0.15, 0.2) is 0 Å². The van der Waals surface area contributed by atoms with Crippen LogP contribution < -0.4 is 5.32 Å². The molecule has 2 heterocycles. The van der Waals surface area contributed by atoms with Gasteiger partial charge in [-0.25, -0.2) is 4.98 Å². The van der Waals surface area contributed by atoms with Crippen molar-refractivity contribution in [1.82, 2.24) is 9.88 Å². The fraction of sp³-hybridized carbons (Fsp3) is 0.412. The van der Waals surface area contributed by atoms with Gasteiger partial charge in [-0.05, 0) is 25.1 Å². The van der Waals surface area contributed by atoms with Gasteiger partial charge in [-0.1, -0.05) is 13.8 Å². The Labute approximate surface area is 143 Å². The third-order valence-electron chi connectivity index (χ3n) is 4.02. The zero-order valence-corrected chi connectivity index (χ0v) is 14.6. The van der Waals surface area contributed by atoms with Crippen LogP contribution in [-0.4, -0.2) is 33.6 Å². The third-order valence-corrected chi connectivity index (χ3v) is 5.34. The molecule has 24 heavy (non-hydrogen) atoms. The summed E-state index contributed by atoms with van der Waals surface area (Å²) in [5.41, 5.74) is 1.54. The van der Waals surface area contributed by atoms with Crippen LogP contribution >= 0.6 is 11.3 Å². The van der Waals surface area contributed by atoms with Crippen molar-refractivity contribution in [1.29, 1.82) is 0 Å². The lowest BCUT2D eigenvalue weighted by atomic mass is 10.2. The summed E-state index contributed by atoms with van der Waals surface area (Å²) in [5.74, 6) is -0.594. The molecule has 1 aliphatic heterocycles. The Kier molecular flexibility index (Phi) is 4.36. The summed E-state index contributed by atoms with van der Waals surface area (Å²) in [5, 5.41) is 3.84. The molecule has 1 atom stereocenters. The van der Waals surface area contributed by atoms with Gasteiger partial charge in [-0.3, -0.25) is 19.3 Å². The van der Waals surface area contributed by atoms with E-state index in [2.05, 4.69) is 24.1 Å². The lowest BCUT2D eigenvalue weighted by Gasteiger charge is -2.21. The number of aromatic nitrogens is 1. The van der Waals surface area contributed by atoms with Crippen molar-refractivity contribution in [3.05, 3.63) is 23.2 Å². The highest BCUT2D eigenvalue weighted by molar-refractivity contribution is 7.18. The van der Waals surface area contributed by atoms with Crippen LogP contribution in [0.2, 0.25) is 0 Å². The van der Waals surface area contributed by atoms with Crippen molar-refractivity contribution in [3.63, 3.8) is 0 Å². The Hall–Kier alpha value is -2.28. The normalized spacial score (nSPS) is 16.2. The number of amides is 3. The van der Waals surface area contributed by atoms with Gasteiger partial charge in [-0.15, -0.1) is 11.3 Å². The van der Waals surface area contributed by atoms with Gasteiger partial charge in [0.05, 0.1) is 15.2 Å². The first kappa shape index (κ1) is 16.6. The van der Waals surface area contributed by atoms with Gasteiger partial charge in [0.2, 0.25) is 17.7 Å². The fourth-order valence-corrected chi connectivity index (χ4v) is 3.67. The third kappa shape index (κ3) is 3.03. The van der Waals surface area contributed by atoms with E-state index in [0.29, 0.717) is 11.6 Å². The van der Waals surface area contributed by atoms with E-state index in [-0.39, 0.29) is 30.6 Å². The minimum atomic E-state index is -0.809. The molecule has 1 N–H and O–H groups in total. The molecule has 0 aliphatic carbocycles.